The average molecular weight is 392 g/mol. The van der Waals surface area contributed by atoms with Crippen LogP contribution in [-0.2, 0) is 0 Å². The van der Waals surface area contributed by atoms with Crippen LogP contribution in [0.2, 0.25) is 0 Å². The summed E-state index contributed by atoms with van der Waals surface area (Å²) in [5, 5.41) is 0. The summed E-state index contributed by atoms with van der Waals surface area (Å²) in [6.45, 7) is -0.299. The van der Waals surface area contributed by atoms with Gasteiger partial charge in [-0.1, -0.05) is 12.1 Å². The van der Waals surface area contributed by atoms with Crippen molar-refractivity contribution in [2.75, 3.05) is 31.1 Å². The average Bonchev–Trinajstić information content (AvgIpc) is 2.67. The zero-order valence-corrected chi connectivity index (χ0v) is 15.2. The molecule has 0 aliphatic carbocycles. The predicted molar refractivity (Wildman–Crippen MR) is 97.6 cm³/mol. The van der Waals surface area contributed by atoms with Gasteiger partial charge < -0.3 is 14.5 Å². The third kappa shape index (κ3) is 4.27. The normalized spacial score (nSPS) is 14.3. The number of ether oxygens (including phenoxy) is 1. The van der Waals surface area contributed by atoms with Gasteiger partial charge in [0.25, 0.3) is 5.91 Å². The maximum atomic E-state index is 14.3. The number of amides is 1. The van der Waals surface area contributed by atoms with Gasteiger partial charge in [-0.2, -0.15) is 8.78 Å². The molecule has 1 aliphatic rings. The largest absolute Gasteiger partial charge is 0.434 e. The molecule has 8 heteroatoms. The maximum Gasteiger partial charge on any atom is 0.387 e. The summed E-state index contributed by atoms with van der Waals surface area (Å²) in [5.74, 6) is -1.30. The fraction of sp³-hybridized carbons (Fsp3) is 0.300. The van der Waals surface area contributed by atoms with E-state index in [1.807, 2.05) is 0 Å². The predicted octanol–water partition coefficient (Wildman–Crippen LogP) is 3.59. The van der Waals surface area contributed by atoms with Gasteiger partial charge in [0.2, 0.25) is 0 Å². The van der Waals surface area contributed by atoms with Crippen LogP contribution in [0.1, 0.15) is 27.6 Å². The maximum absolute atomic E-state index is 14.3. The first-order chi connectivity index (χ1) is 13.4. The molecule has 0 bridgehead atoms. The van der Waals surface area contributed by atoms with Gasteiger partial charge in [0.05, 0.1) is 11.3 Å². The molecule has 5 nitrogen and oxygen atoms in total. The van der Waals surface area contributed by atoms with Gasteiger partial charge in [-0.05, 0) is 37.3 Å². The highest BCUT2D eigenvalue weighted by atomic mass is 19.3. The van der Waals surface area contributed by atoms with Crippen molar-refractivity contribution in [3.8, 4) is 5.75 Å². The number of carbonyl (C=O) groups is 2. The number of hydrogen-bond acceptors (Lipinski definition) is 4. The van der Waals surface area contributed by atoms with Crippen LogP contribution in [0, 0.1) is 5.82 Å². The number of anilines is 1. The molecule has 1 fully saturated rings. The molecular formula is C20H19F3N2O3. The van der Waals surface area contributed by atoms with E-state index in [1.165, 1.54) is 36.1 Å². The second-order valence-corrected chi connectivity index (χ2v) is 6.38. The molecular weight excluding hydrogens is 373 g/mol. The van der Waals surface area contributed by atoms with Gasteiger partial charge >= 0.3 is 6.61 Å². The Morgan fingerprint density at radius 2 is 1.71 bits per heavy atom. The summed E-state index contributed by atoms with van der Waals surface area (Å²) < 4.78 is 43.9. The highest BCUT2D eigenvalue weighted by Crippen LogP contribution is 2.25. The fourth-order valence-electron chi connectivity index (χ4n) is 3.15. The Hall–Kier alpha value is -3.03. The van der Waals surface area contributed by atoms with Crippen LogP contribution >= 0.6 is 0 Å². The van der Waals surface area contributed by atoms with Crippen LogP contribution in [0.15, 0.2) is 42.5 Å². The molecule has 0 N–H and O–H groups in total. The van der Waals surface area contributed by atoms with Gasteiger partial charge in [0.15, 0.2) is 5.78 Å². The molecule has 2 aromatic carbocycles. The number of benzene rings is 2. The van der Waals surface area contributed by atoms with Crippen molar-refractivity contribution in [1.82, 2.24) is 4.90 Å². The molecule has 1 aliphatic heterocycles. The van der Waals surface area contributed by atoms with E-state index in [-0.39, 0.29) is 17.1 Å². The SMILES string of the molecule is CC(=O)c1ccc(N2CCN(C(=O)c3ccccc3OC(F)F)CC2)c(F)c1. The van der Waals surface area contributed by atoms with Crippen LogP contribution < -0.4 is 9.64 Å². The van der Waals surface area contributed by atoms with E-state index in [0.29, 0.717) is 37.4 Å². The molecule has 0 unspecified atom stereocenters. The monoisotopic (exact) mass is 392 g/mol. The zero-order valence-electron chi connectivity index (χ0n) is 15.2. The van der Waals surface area contributed by atoms with E-state index in [4.69, 9.17) is 0 Å². The molecule has 2 aromatic rings. The second kappa shape index (κ2) is 8.33. The van der Waals surface area contributed by atoms with Crippen LogP contribution in [0.3, 0.4) is 0 Å². The lowest BCUT2D eigenvalue weighted by Crippen LogP contribution is -2.49. The Bertz CT molecular complexity index is 881. The minimum Gasteiger partial charge on any atom is -0.434 e. The number of ketones is 1. The van der Waals surface area contributed by atoms with Crippen LogP contribution in [0.4, 0.5) is 18.9 Å². The molecule has 0 saturated carbocycles. The van der Waals surface area contributed by atoms with E-state index in [0.717, 1.165) is 0 Å². The number of rotatable bonds is 5. The molecule has 0 radical (unpaired) electrons. The van der Waals surface area contributed by atoms with Crippen molar-refractivity contribution >= 4 is 17.4 Å². The van der Waals surface area contributed by atoms with Crippen molar-refractivity contribution in [2.45, 2.75) is 13.5 Å². The number of Topliss-reactive ketones (excluding diaryl/α,β-unsaturated/α-hetero) is 1. The van der Waals surface area contributed by atoms with Crippen molar-refractivity contribution in [1.29, 1.82) is 0 Å². The second-order valence-electron chi connectivity index (χ2n) is 6.38. The molecule has 1 amide bonds. The highest BCUT2D eigenvalue weighted by Gasteiger charge is 2.26. The molecule has 0 aromatic heterocycles. The van der Waals surface area contributed by atoms with Crippen LogP contribution in [0.5, 0.6) is 5.75 Å². The number of hydrogen-bond donors (Lipinski definition) is 0. The van der Waals surface area contributed by atoms with Crippen molar-refractivity contribution in [3.63, 3.8) is 0 Å². The lowest BCUT2D eigenvalue weighted by Gasteiger charge is -2.36. The molecule has 3 rings (SSSR count). The number of nitrogens with zero attached hydrogens (tertiary/aromatic N) is 2. The molecule has 28 heavy (non-hydrogen) atoms. The summed E-state index contributed by atoms with van der Waals surface area (Å²) in [6.07, 6.45) is 0. The lowest BCUT2D eigenvalue weighted by molar-refractivity contribution is -0.0502. The third-order valence-corrected chi connectivity index (χ3v) is 4.60. The van der Waals surface area contributed by atoms with E-state index in [2.05, 4.69) is 4.74 Å². The molecule has 0 spiro atoms. The smallest absolute Gasteiger partial charge is 0.387 e. The van der Waals surface area contributed by atoms with E-state index >= 15 is 0 Å². The lowest BCUT2D eigenvalue weighted by atomic mass is 10.1. The standard InChI is InChI=1S/C20H19F3N2O3/c1-13(26)14-6-7-17(16(21)12-14)24-8-10-25(11-9-24)19(27)15-4-2-3-5-18(15)28-20(22)23/h2-7,12,20H,8-11H2,1H3. The highest BCUT2D eigenvalue weighted by molar-refractivity contribution is 5.97. The summed E-state index contributed by atoms with van der Waals surface area (Å²) in [6, 6.07) is 10.2. The minimum absolute atomic E-state index is 0.0632. The number of alkyl halides is 2. The zero-order chi connectivity index (χ0) is 20.3. The van der Waals surface area contributed by atoms with Crippen molar-refractivity contribution in [3.05, 3.63) is 59.4 Å². The van der Waals surface area contributed by atoms with E-state index in [9.17, 15) is 22.8 Å². The Morgan fingerprint density at radius 3 is 2.32 bits per heavy atom. The van der Waals surface area contributed by atoms with Gasteiger partial charge in [0, 0.05) is 31.7 Å². The van der Waals surface area contributed by atoms with Gasteiger partial charge in [0.1, 0.15) is 11.6 Å². The Balaban J connectivity index is 1.69. The Morgan fingerprint density at radius 1 is 1.04 bits per heavy atom. The van der Waals surface area contributed by atoms with Crippen LogP contribution in [-0.4, -0.2) is 49.4 Å². The van der Waals surface area contributed by atoms with Crippen molar-refractivity contribution in [2.24, 2.45) is 0 Å². The molecule has 0 atom stereocenters. The Labute approximate surface area is 160 Å². The fourth-order valence-corrected chi connectivity index (χ4v) is 3.15. The first-order valence-corrected chi connectivity index (χ1v) is 8.75. The number of carbonyl (C=O) groups excluding carboxylic acids is 2. The Kier molecular flexibility index (Phi) is 5.87. The van der Waals surface area contributed by atoms with Crippen LogP contribution in [0.25, 0.3) is 0 Å². The number of piperazine rings is 1. The summed E-state index contributed by atoms with van der Waals surface area (Å²) in [7, 11) is 0. The minimum atomic E-state index is -3.02. The quantitative estimate of drug-likeness (QED) is 0.730. The van der Waals surface area contributed by atoms with Crippen molar-refractivity contribution < 1.29 is 27.5 Å². The topological polar surface area (TPSA) is 49.9 Å². The van der Waals surface area contributed by atoms with Gasteiger partial charge in [-0.3, -0.25) is 9.59 Å². The van der Waals surface area contributed by atoms with E-state index < -0.39 is 18.3 Å². The van der Waals surface area contributed by atoms with E-state index in [1.54, 1.807) is 23.1 Å². The summed E-state index contributed by atoms with van der Waals surface area (Å²) in [4.78, 5) is 27.4. The number of para-hydroxylation sites is 1. The molecule has 148 valence electrons. The molecule has 1 heterocycles. The first-order valence-electron chi connectivity index (χ1n) is 8.75. The van der Waals surface area contributed by atoms with Gasteiger partial charge in [-0.15, -0.1) is 0 Å². The van der Waals surface area contributed by atoms with Gasteiger partial charge in [-0.25, -0.2) is 4.39 Å². The first kappa shape index (κ1) is 19.7. The summed E-state index contributed by atoms with van der Waals surface area (Å²) >= 11 is 0. The molecule has 1 saturated heterocycles. The number of halogens is 3. The summed E-state index contributed by atoms with van der Waals surface area (Å²) in [5.41, 5.74) is 0.720. The third-order valence-electron chi connectivity index (χ3n) is 4.60.